The van der Waals surface area contributed by atoms with Gasteiger partial charge in [-0.25, -0.2) is 0 Å². The lowest BCUT2D eigenvalue weighted by Crippen LogP contribution is -2.28. The number of halogens is 1. The van der Waals surface area contributed by atoms with E-state index in [9.17, 15) is 4.79 Å². The smallest absolute Gasteiger partial charge is 0.220 e. The first-order chi connectivity index (χ1) is 11.7. The number of benzene rings is 1. The maximum absolute atomic E-state index is 11.6. The van der Waals surface area contributed by atoms with Crippen LogP contribution in [0.4, 0.5) is 0 Å². The third-order valence-corrected chi connectivity index (χ3v) is 4.91. The summed E-state index contributed by atoms with van der Waals surface area (Å²) in [4.78, 5) is 11.6. The van der Waals surface area contributed by atoms with Gasteiger partial charge < -0.3 is 14.8 Å². The second kappa shape index (κ2) is 8.61. The van der Waals surface area contributed by atoms with Crippen LogP contribution in [-0.2, 0) is 4.79 Å². The van der Waals surface area contributed by atoms with Crippen LogP contribution in [0.3, 0.4) is 0 Å². The van der Waals surface area contributed by atoms with Crippen LogP contribution in [-0.4, -0.2) is 25.2 Å². The molecule has 2 aliphatic rings. The van der Waals surface area contributed by atoms with Crippen LogP contribution in [0.2, 0.25) is 5.02 Å². The highest BCUT2D eigenvalue weighted by Crippen LogP contribution is 2.32. The summed E-state index contributed by atoms with van der Waals surface area (Å²) in [7, 11) is 0. The Kier molecular flexibility index (Phi) is 6.24. The monoisotopic (exact) mass is 351 g/mol. The maximum atomic E-state index is 11.6. The Morgan fingerprint density at radius 3 is 2.67 bits per heavy atom. The molecular formula is C19H26ClNO3. The second-order valence-electron chi connectivity index (χ2n) is 6.82. The topological polar surface area (TPSA) is 47.6 Å². The first kappa shape index (κ1) is 17.4. The SMILES string of the molecule is O=C(CC1CC1)NCCOc1ccc(OC2CCCCC2)cc1Cl. The Labute approximate surface area is 148 Å². The van der Waals surface area contributed by atoms with E-state index in [2.05, 4.69) is 5.32 Å². The fraction of sp³-hybridized carbons (Fsp3) is 0.632. The fourth-order valence-electron chi connectivity index (χ4n) is 3.06. The van der Waals surface area contributed by atoms with Gasteiger partial charge in [0.25, 0.3) is 0 Å². The van der Waals surface area contributed by atoms with Gasteiger partial charge in [0, 0.05) is 12.5 Å². The zero-order chi connectivity index (χ0) is 16.8. The van der Waals surface area contributed by atoms with Gasteiger partial charge in [-0.2, -0.15) is 0 Å². The largest absolute Gasteiger partial charge is 0.490 e. The predicted molar refractivity (Wildman–Crippen MR) is 94.8 cm³/mol. The molecular weight excluding hydrogens is 326 g/mol. The Bertz CT molecular complexity index is 554. The second-order valence-corrected chi connectivity index (χ2v) is 7.22. The summed E-state index contributed by atoms with van der Waals surface area (Å²) in [5.74, 6) is 2.15. The van der Waals surface area contributed by atoms with E-state index in [1.54, 1.807) is 0 Å². The number of hydrogen-bond donors (Lipinski definition) is 1. The van der Waals surface area contributed by atoms with E-state index in [1.165, 1.54) is 32.1 Å². The standard InChI is InChI=1S/C19H26ClNO3/c20-17-13-16(24-15-4-2-1-3-5-15)8-9-18(17)23-11-10-21-19(22)12-14-6-7-14/h8-9,13-15H,1-7,10-12H2,(H,21,22). The molecule has 0 unspecified atom stereocenters. The van der Waals surface area contributed by atoms with Gasteiger partial charge in [0.15, 0.2) is 0 Å². The van der Waals surface area contributed by atoms with Gasteiger partial charge in [0.1, 0.15) is 18.1 Å². The van der Waals surface area contributed by atoms with Gasteiger partial charge in [-0.05, 0) is 56.6 Å². The van der Waals surface area contributed by atoms with Crippen molar-refractivity contribution < 1.29 is 14.3 Å². The summed E-state index contributed by atoms with van der Waals surface area (Å²) in [6.07, 6.45) is 9.37. The van der Waals surface area contributed by atoms with Crippen molar-refractivity contribution in [2.24, 2.45) is 5.92 Å². The van der Waals surface area contributed by atoms with Crippen molar-refractivity contribution in [3.63, 3.8) is 0 Å². The molecule has 2 saturated carbocycles. The number of ether oxygens (including phenoxy) is 2. The van der Waals surface area contributed by atoms with Crippen LogP contribution in [0.15, 0.2) is 18.2 Å². The molecule has 3 rings (SSSR count). The quantitative estimate of drug-likeness (QED) is 0.708. The highest BCUT2D eigenvalue weighted by Gasteiger charge is 2.24. The average Bonchev–Trinajstić information content (AvgIpc) is 3.38. The van der Waals surface area contributed by atoms with E-state index in [4.69, 9.17) is 21.1 Å². The molecule has 4 nitrogen and oxygen atoms in total. The molecule has 0 spiro atoms. The molecule has 0 aromatic heterocycles. The molecule has 132 valence electrons. The first-order valence-electron chi connectivity index (χ1n) is 9.06. The van der Waals surface area contributed by atoms with Gasteiger partial charge in [0.2, 0.25) is 5.91 Å². The molecule has 0 aliphatic heterocycles. The van der Waals surface area contributed by atoms with Gasteiger partial charge in [-0.15, -0.1) is 0 Å². The third kappa shape index (κ3) is 5.59. The minimum atomic E-state index is 0.114. The molecule has 0 heterocycles. The van der Waals surface area contributed by atoms with Crippen molar-refractivity contribution in [3.8, 4) is 11.5 Å². The molecule has 1 aromatic carbocycles. The van der Waals surface area contributed by atoms with Gasteiger partial charge in [-0.1, -0.05) is 18.0 Å². The van der Waals surface area contributed by atoms with Crippen LogP contribution >= 0.6 is 11.6 Å². The van der Waals surface area contributed by atoms with E-state index >= 15 is 0 Å². The van der Waals surface area contributed by atoms with Crippen molar-refractivity contribution in [1.82, 2.24) is 5.32 Å². The van der Waals surface area contributed by atoms with Gasteiger partial charge in [-0.3, -0.25) is 4.79 Å². The van der Waals surface area contributed by atoms with E-state index in [0.717, 1.165) is 18.6 Å². The zero-order valence-corrected chi connectivity index (χ0v) is 14.8. The number of amides is 1. The Morgan fingerprint density at radius 2 is 1.96 bits per heavy atom. The molecule has 0 bridgehead atoms. The number of nitrogens with one attached hydrogen (secondary N) is 1. The molecule has 0 saturated heterocycles. The van der Waals surface area contributed by atoms with Crippen molar-refractivity contribution in [2.45, 2.75) is 57.5 Å². The highest BCUT2D eigenvalue weighted by molar-refractivity contribution is 6.32. The van der Waals surface area contributed by atoms with Crippen LogP contribution in [0, 0.1) is 5.92 Å². The lowest BCUT2D eigenvalue weighted by atomic mass is 9.98. The highest BCUT2D eigenvalue weighted by atomic mass is 35.5. The van der Waals surface area contributed by atoms with Crippen LogP contribution in [0.25, 0.3) is 0 Å². The molecule has 1 N–H and O–H groups in total. The number of rotatable bonds is 8. The van der Waals surface area contributed by atoms with Crippen LogP contribution in [0.5, 0.6) is 11.5 Å². The Balaban J connectivity index is 1.39. The summed E-state index contributed by atoms with van der Waals surface area (Å²) >= 11 is 6.27. The van der Waals surface area contributed by atoms with Crippen molar-refractivity contribution in [1.29, 1.82) is 0 Å². The van der Waals surface area contributed by atoms with Crippen LogP contribution in [0.1, 0.15) is 51.4 Å². The van der Waals surface area contributed by atoms with Gasteiger partial charge >= 0.3 is 0 Å². The summed E-state index contributed by atoms with van der Waals surface area (Å²) in [6.45, 7) is 0.918. The lowest BCUT2D eigenvalue weighted by Gasteiger charge is -2.23. The Hall–Kier alpha value is -1.42. The number of hydrogen-bond acceptors (Lipinski definition) is 3. The molecule has 1 amide bonds. The summed E-state index contributed by atoms with van der Waals surface area (Å²) in [5.41, 5.74) is 0. The van der Waals surface area contributed by atoms with E-state index < -0.39 is 0 Å². The van der Waals surface area contributed by atoms with Gasteiger partial charge in [0.05, 0.1) is 17.7 Å². The van der Waals surface area contributed by atoms with E-state index in [-0.39, 0.29) is 5.91 Å². The third-order valence-electron chi connectivity index (χ3n) is 4.61. The normalized spacial score (nSPS) is 18.2. The minimum Gasteiger partial charge on any atom is -0.490 e. The average molecular weight is 352 g/mol. The maximum Gasteiger partial charge on any atom is 0.220 e. The predicted octanol–water partition coefficient (Wildman–Crippen LogP) is 4.35. The molecule has 5 heteroatoms. The van der Waals surface area contributed by atoms with E-state index in [1.807, 2.05) is 18.2 Å². The minimum absolute atomic E-state index is 0.114. The van der Waals surface area contributed by atoms with E-state index in [0.29, 0.717) is 42.4 Å². The fourth-order valence-corrected chi connectivity index (χ4v) is 3.28. The van der Waals surface area contributed by atoms with Crippen LogP contribution < -0.4 is 14.8 Å². The summed E-state index contributed by atoms with van der Waals surface area (Å²) < 4.78 is 11.6. The molecule has 2 fully saturated rings. The zero-order valence-electron chi connectivity index (χ0n) is 14.1. The molecule has 0 radical (unpaired) electrons. The summed E-state index contributed by atoms with van der Waals surface area (Å²) in [5, 5.41) is 3.43. The van der Waals surface area contributed by atoms with Crippen molar-refractivity contribution in [2.75, 3.05) is 13.2 Å². The van der Waals surface area contributed by atoms with Crippen molar-refractivity contribution >= 4 is 17.5 Å². The molecule has 2 aliphatic carbocycles. The lowest BCUT2D eigenvalue weighted by molar-refractivity contribution is -0.121. The van der Waals surface area contributed by atoms with Crippen molar-refractivity contribution in [3.05, 3.63) is 23.2 Å². The first-order valence-corrected chi connectivity index (χ1v) is 9.44. The Morgan fingerprint density at radius 1 is 1.17 bits per heavy atom. The number of carbonyl (C=O) groups excluding carboxylic acids is 1. The summed E-state index contributed by atoms with van der Waals surface area (Å²) in [6, 6.07) is 5.56. The molecule has 24 heavy (non-hydrogen) atoms. The molecule has 1 aromatic rings. The number of carbonyl (C=O) groups is 1. The molecule has 0 atom stereocenters.